The van der Waals surface area contributed by atoms with E-state index in [0.29, 0.717) is 11.4 Å². The number of benzene rings is 1. The van der Waals surface area contributed by atoms with Crippen molar-refractivity contribution in [3.8, 4) is 5.75 Å². The average molecular weight is 235 g/mol. The van der Waals surface area contributed by atoms with Crippen LogP contribution in [0.1, 0.15) is 5.69 Å². The zero-order valence-corrected chi connectivity index (χ0v) is 9.97. The largest absolute Gasteiger partial charge is 0.494 e. The lowest BCUT2D eigenvalue weighted by Crippen LogP contribution is -1.95. The smallest absolute Gasteiger partial charge is 0.187 e. The summed E-state index contributed by atoms with van der Waals surface area (Å²) in [7, 11) is 1.62. The predicted molar refractivity (Wildman–Crippen MR) is 67.5 cm³/mol. The highest BCUT2D eigenvalue weighted by Crippen LogP contribution is 2.30. The third kappa shape index (κ3) is 2.25. The highest BCUT2D eigenvalue weighted by atomic mass is 32.1. The summed E-state index contributed by atoms with van der Waals surface area (Å²) in [6.07, 6.45) is 0. The second-order valence-corrected chi connectivity index (χ2v) is 4.24. The van der Waals surface area contributed by atoms with E-state index in [-0.39, 0.29) is 0 Å². The van der Waals surface area contributed by atoms with Crippen LogP contribution in [-0.2, 0) is 0 Å². The number of anilines is 3. The maximum atomic E-state index is 5.68. The molecule has 0 saturated carbocycles. The molecule has 1 aromatic heterocycles. The number of nitrogens with one attached hydrogen (secondary N) is 1. The van der Waals surface area contributed by atoms with E-state index in [1.165, 1.54) is 0 Å². The molecule has 0 aliphatic heterocycles. The molecule has 1 aromatic carbocycles. The zero-order valence-electron chi connectivity index (χ0n) is 9.15. The first-order valence-electron chi connectivity index (χ1n) is 4.81. The fourth-order valence-electron chi connectivity index (χ4n) is 1.34. The van der Waals surface area contributed by atoms with Gasteiger partial charge in [-0.3, -0.25) is 0 Å². The Labute approximate surface area is 98.1 Å². The monoisotopic (exact) mass is 235 g/mol. The Hall–Kier alpha value is -1.75. The van der Waals surface area contributed by atoms with Gasteiger partial charge in [0.2, 0.25) is 0 Å². The predicted octanol–water partition coefficient (Wildman–Crippen LogP) is 2.79. The number of hydrogen-bond acceptors (Lipinski definition) is 5. The lowest BCUT2D eigenvalue weighted by Gasteiger charge is -2.09. The van der Waals surface area contributed by atoms with Crippen LogP contribution >= 0.6 is 11.3 Å². The van der Waals surface area contributed by atoms with Gasteiger partial charge in [0.25, 0.3) is 0 Å². The molecule has 84 valence electrons. The standard InChI is InChI=1S/C11H13N3OS/c1-7-6-16-11(13-7)14-9-4-3-8(12)5-10(9)15-2/h3-6H,12H2,1-2H3,(H,13,14). The highest BCUT2D eigenvalue weighted by Gasteiger charge is 2.05. The summed E-state index contributed by atoms with van der Waals surface area (Å²) in [5.74, 6) is 0.716. The Morgan fingerprint density at radius 3 is 2.88 bits per heavy atom. The van der Waals surface area contributed by atoms with Crippen LogP contribution in [0.5, 0.6) is 5.75 Å². The van der Waals surface area contributed by atoms with Gasteiger partial charge in [-0.15, -0.1) is 11.3 Å². The molecule has 0 spiro atoms. The van der Waals surface area contributed by atoms with Gasteiger partial charge in [0, 0.05) is 17.1 Å². The Balaban J connectivity index is 2.27. The van der Waals surface area contributed by atoms with Gasteiger partial charge < -0.3 is 15.8 Å². The van der Waals surface area contributed by atoms with Crippen molar-refractivity contribution < 1.29 is 4.74 Å². The molecule has 1 heterocycles. The Morgan fingerprint density at radius 1 is 1.44 bits per heavy atom. The number of nitrogens with zero attached hydrogens (tertiary/aromatic N) is 1. The van der Waals surface area contributed by atoms with E-state index in [9.17, 15) is 0 Å². The number of aryl methyl sites for hydroxylation is 1. The van der Waals surface area contributed by atoms with Crippen LogP contribution in [0.3, 0.4) is 0 Å². The van der Waals surface area contributed by atoms with Gasteiger partial charge in [-0.25, -0.2) is 4.98 Å². The van der Waals surface area contributed by atoms with Crippen molar-refractivity contribution in [1.82, 2.24) is 4.98 Å². The summed E-state index contributed by atoms with van der Waals surface area (Å²) in [5, 5.41) is 6.04. The number of aromatic nitrogens is 1. The fraction of sp³-hybridized carbons (Fsp3) is 0.182. The second-order valence-electron chi connectivity index (χ2n) is 3.38. The highest BCUT2D eigenvalue weighted by molar-refractivity contribution is 7.13. The van der Waals surface area contributed by atoms with Crippen molar-refractivity contribution in [2.75, 3.05) is 18.2 Å². The minimum atomic E-state index is 0.678. The molecule has 2 aromatic rings. The van der Waals surface area contributed by atoms with E-state index in [4.69, 9.17) is 10.5 Å². The Bertz CT molecular complexity index is 496. The summed E-state index contributed by atoms with van der Waals surface area (Å²) in [6.45, 7) is 1.96. The molecule has 2 rings (SSSR count). The van der Waals surface area contributed by atoms with E-state index < -0.39 is 0 Å². The van der Waals surface area contributed by atoms with E-state index in [0.717, 1.165) is 16.5 Å². The molecular weight excluding hydrogens is 222 g/mol. The van der Waals surface area contributed by atoms with Crippen molar-refractivity contribution in [3.63, 3.8) is 0 Å². The molecular formula is C11H13N3OS. The number of hydrogen-bond donors (Lipinski definition) is 2. The summed E-state index contributed by atoms with van der Waals surface area (Å²) in [5.41, 5.74) is 8.23. The number of nitrogen functional groups attached to an aromatic ring is 1. The van der Waals surface area contributed by atoms with Crippen LogP contribution in [0, 0.1) is 6.92 Å². The van der Waals surface area contributed by atoms with Gasteiger partial charge in [-0.2, -0.15) is 0 Å². The number of thiazole rings is 1. The molecule has 16 heavy (non-hydrogen) atoms. The Morgan fingerprint density at radius 2 is 2.25 bits per heavy atom. The first-order chi connectivity index (χ1) is 7.69. The number of ether oxygens (including phenoxy) is 1. The van der Waals surface area contributed by atoms with E-state index in [2.05, 4.69) is 10.3 Å². The van der Waals surface area contributed by atoms with Crippen LogP contribution in [0.15, 0.2) is 23.6 Å². The third-order valence-electron chi connectivity index (χ3n) is 2.09. The van der Waals surface area contributed by atoms with Gasteiger partial charge >= 0.3 is 0 Å². The molecule has 0 atom stereocenters. The van der Waals surface area contributed by atoms with Crippen molar-refractivity contribution >= 4 is 27.8 Å². The van der Waals surface area contributed by atoms with Gasteiger partial charge in [-0.1, -0.05) is 0 Å². The average Bonchev–Trinajstić information content (AvgIpc) is 2.67. The first-order valence-corrected chi connectivity index (χ1v) is 5.69. The normalized spacial score (nSPS) is 10.1. The molecule has 4 nitrogen and oxygen atoms in total. The number of rotatable bonds is 3. The SMILES string of the molecule is COc1cc(N)ccc1Nc1nc(C)cs1. The van der Waals surface area contributed by atoms with Crippen molar-refractivity contribution in [3.05, 3.63) is 29.3 Å². The first kappa shape index (κ1) is 10.8. The molecule has 5 heteroatoms. The molecule has 0 bridgehead atoms. The topological polar surface area (TPSA) is 60.2 Å². The molecule has 3 N–H and O–H groups in total. The molecule has 0 amide bonds. The molecule has 0 aliphatic rings. The minimum Gasteiger partial charge on any atom is -0.494 e. The quantitative estimate of drug-likeness (QED) is 0.803. The lowest BCUT2D eigenvalue weighted by atomic mass is 10.2. The van der Waals surface area contributed by atoms with Crippen molar-refractivity contribution in [2.45, 2.75) is 6.92 Å². The molecule has 0 saturated heterocycles. The molecule has 0 aliphatic carbocycles. The second kappa shape index (κ2) is 4.40. The van der Waals surface area contributed by atoms with Crippen LogP contribution < -0.4 is 15.8 Å². The zero-order chi connectivity index (χ0) is 11.5. The third-order valence-corrected chi connectivity index (χ3v) is 2.96. The molecule has 0 fully saturated rings. The van der Waals surface area contributed by atoms with Crippen LogP contribution in [0.25, 0.3) is 0 Å². The van der Waals surface area contributed by atoms with Crippen LogP contribution in [0.4, 0.5) is 16.5 Å². The Kier molecular flexibility index (Phi) is 2.96. The molecule has 0 unspecified atom stereocenters. The van der Waals surface area contributed by atoms with Gasteiger partial charge in [0.1, 0.15) is 5.75 Å². The molecule has 0 radical (unpaired) electrons. The van der Waals surface area contributed by atoms with Crippen molar-refractivity contribution in [1.29, 1.82) is 0 Å². The van der Waals surface area contributed by atoms with Crippen LogP contribution in [-0.4, -0.2) is 12.1 Å². The maximum absolute atomic E-state index is 5.68. The summed E-state index contributed by atoms with van der Waals surface area (Å²) < 4.78 is 5.24. The minimum absolute atomic E-state index is 0.678. The van der Waals surface area contributed by atoms with Gasteiger partial charge in [0.05, 0.1) is 18.5 Å². The lowest BCUT2D eigenvalue weighted by molar-refractivity contribution is 0.417. The van der Waals surface area contributed by atoms with Gasteiger partial charge in [-0.05, 0) is 19.1 Å². The number of methoxy groups -OCH3 is 1. The fourth-order valence-corrected chi connectivity index (χ4v) is 2.04. The number of nitrogens with two attached hydrogens (primary N) is 1. The van der Waals surface area contributed by atoms with Gasteiger partial charge in [0.15, 0.2) is 5.13 Å². The van der Waals surface area contributed by atoms with E-state index in [1.807, 2.05) is 24.4 Å². The summed E-state index contributed by atoms with van der Waals surface area (Å²) in [4.78, 5) is 4.32. The van der Waals surface area contributed by atoms with E-state index >= 15 is 0 Å². The van der Waals surface area contributed by atoms with E-state index in [1.54, 1.807) is 24.5 Å². The summed E-state index contributed by atoms with van der Waals surface area (Å²) >= 11 is 1.56. The summed E-state index contributed by atoms with van der Waals surface area (Å²) in [6, 6.07) is 5.49. The maximum Gasteiger partial charge on any atom is 0.187 e. The van der Waals surface area contributed by atoms with Crippen LogP contribution in [0.2, 0.25) is 0 Å². The van der Waals surface area contributed by atoms with Crippen molar-refractivity contribution in [2.24, 2.45) is 0 Å².